The fraction of sp³-hybridized carbons (Fsp3) is 0.438. The van der Waals surface area contributed by atoms with Gasteiger partial charge in [-0.25, -0.2) is 4.79 Å². The van der Waals surface area contributed by atoms with Crippen molar-refractivity contribution in [1.82, 2.24) is 9.88 Å². The van der Waals surface area contributed by atoms with Gasteiger partial charge in [0.15, 0.2) is 0 Å². The number of aromatic amines is 1. The third-order valence-electron chi connectivity index (χ3n) is 4.03. The average molecular weight is 272 g/mol. The number of methoxy groups -OCH3 is 1. The predicted molar refractivity (Wildman–Crippen MR) is 78.9 cm³/mol. The number of carbonyl (C=O) groups excluding carboxylic acids is 1. The molecule has 0 spiro atoms. The highest BCUT2D eigenvalue weighted by molar-refractivity contribution is 6.04. The molecule has 1 N–H and O–H groups in total. The maximum absolute atomic E-state index is 11.9. The molecule has 20 heavy (non-hydrogen) atoms. The SMILES string of the molecule is CCCN1CCc2[nH]c3c(C(=O)OC)cccc3c2C1. The average Bonchev–Trinajstić information content (AvgIpc) is 2.85. The molecule has 106 valence electrons. The first-order chi connectivity index (χ1) is 9.74. The smallest absolute Gasteiger partial charge is 0.339 e. The van der Waals surface area contributed by atoms with Gasteiger partial charge >= 0.3 is 5.97 Å². The van der Waals surface area contributed by atoms with E-state index in [0.717, 1.165) is 37.0 Å². The number of ether oxygens (including phenoxy) is 1. The lowest BCUT2D eigenvalue weighted by atomic mass is 10.0. The van der Waals surface area contributed by atoms with E-state index in [4.69, 9.17) is 4.74 Å². The molecule has 1 aliphatic rings. The minimum Gasteiger partial charge on any atom is -0.465 e. The Morgan fingerprint density at radius 2 is 2.30 bits per heavy atom. The molecule has 1 aromatic carbocycles. The normalized spacial score (nSPS) is 15.3. The molecule has 0 unspecified atom stereocenters. The number of aromatic nitrogens is 1. The Labute approximate surface area is 118 Å². The van der Waals surface area contributed by atoms with Crippen molar-refractivity contribution in [3.05, 3.63) is 35.0 Å². The van der Waals surface area contributed by atoms with Gasteiger partial charge in [-0.1, -0.05) is 19.1 Å². The summed E-state index contributed by atoms with van der Waals surface area (Å²) in [5.41, 5.74) is 4.15. The first kappa shape index (κ1) is 13.2. The summed E-state index contributed by atoms with van der Waals surface area (Å²) in [6.45, 7) is 5.39. The van der Waals surface area contributed by atoms with Crippen LogP contribution in [0.2, 0.25) is 0 Å². The van der Waals surface area contributed by atoms with Gasteiger partial charge in [0.25, 0.3) is 0 Å². The second-order valence-corrected chi connectivity index (χ2v) is 5.33. The van der Waals surface area contributed by atoms with Gasteiger partial charge in [-0.2, -0.15) is 0 Å². The molecule has 0 saturated carbocycles. The molecule has 0 amide bonds. The Morgan fingerprint density at radius 3 is 3.05 bits per heavy atom. The summed E-state index contributed by atoms with van der Waals surface area (Å²) in [7, 11) is 1.42. The molecule has 0 fully saturated rings. The number of fused-ring (bicyclic) bond motifs is 3. The summed E-state index contributed by atoms with van der Waals surface area (Å²) in [4.78, 5) is 17.8. The van der Waals surface area contributed by atoms with E-state index in [1.165, 1.54) is 24.8 Å². The van der Waals surface area contributed by atoms with Crippen LogP contribution in [-0.4, -0.2) is 36.1 Å². The zero-order valence-corrected chi connectivity index (χ0v) is 12.0. The van der Waals surface area contributed by atoms with Crippen molar-refractivity contribution in [2.75, 3.05) is 20.2 Å². The third-order valence-corrected chi connectivity index (χ3v) is 4.03. The molecule has 0 atom stereocenters. The zero-order chi connectivity index (χ0) is 14.1. The molecule has 4 nitrogen and oxygen atoms in total. The zero-order valence-electron chi connectivity index (χ0n) is 12.0. The molecule has 2 aromatic rings. The van der Waals surface area contributed by atoms with E-state index in [-0.39, 0.29) is 5.97 Å². The van der Waals surface area contributed by atoms with Gasteiger partial charge in [-0.3, -0.25) is 4.90 Å². The Hall–Kier alpha value is -1.81. The van der Waals surface area contributed by atoms with Crippen molar-refractivity contribution >= 4 is 16.9 Å². The minimum absolute atomic E-state index is 0.278. The van der Waals surface area contributed by atoms with Crippen LogP contribution in [0.4, 0.5) is 0 Å². The number of carbonyl (C=O) groups is 1. The maximum atomic E-state index is 11.9. The lowest BCUT2D eigenvalue weighted by Crippen LogP contribution is -2.30. The monoisotopic (exact) mass is 272 g/mol. The van der Waals surface area contributed by atoms with E-state index in [2.05, 4.69) is 22.9 Å². The molecule has 0 aliphatic carbocycles. The number of H-pyrrole nitrogens is 1. The highest BCUT2D eigenvalue weighted by Crippen LogP contribution is 2.29. The van der Waals surface area contributed by atoms with Crippen molar-refractivity contribution in [3.63, 3.8) is 0 Å². The number of nitrogens with one attached hydrogen (secondary N) is 1. The minimum atomic E-state index is -0.278. The molecule has 4 heteroatoms. The van der Waals surface area contributed by atoms with Crippen molar-refractivity contribution in [3.8, 4) is 0 Å². The summed E-state index contributed by atoms with van der Waals surface area (Å²) < 4.78 is 4.87. The van der Waals surface area contributed by atoms with E-state index >= 15 is 0 Å². The largest absolute Gasteiger partial charge is 0.465 e. The van der Waals surface area contributed by atoms with Gasteiger partial charge in [0.1, 0.15) is 0 Å². The van der Waals surface area contributed by atoms with Crippen LogP contribution in [-0.2, 0) is 17.7 Å². The van der Waals surface area contributed by atoms with Crippen LogP contribution < -0.4 is 0 Å². The number of nitrogens with zero attached hydrogens (tertiary/aromatic N) is 1. The molecule has 0 saturated heterocycles. The highest BCUT2D eigenvalue weighted by Gasteiger charge is 2.22. The molecular formula is C16H20N2O2. The quantitative estimate of drug-likeness (QED) is 0.874. The number of rotatable bonds is 3. The summed E-state index contributed by atoms with van der Waals surface area (Å²) in [5, 5.41) is 1.16. The lowest BCUT2D eigenvalue weighted by molar-refractivity contribution is 0.0603. The number of esters is 1. The Morgan fingerprint density at radius 1 is 1.45 bits per heavy atom. The van der Waals surface area contributed by atoms with Gasteiger partial charge in [0.05, 0.1) is 18.2 Å². The molecule has 0 bridgehead atoms. The summed E-state index contributed by atoms with van der Waals surface area (Å²) in [6, 6.07) is 5.84. The molecular weight excluding hydrogens is 252 g/mol. The van der Waals surface area contributed by atoms with E-state index < -0.39 is 0 Å². The molecule has 0 radical (unpaired) electrons. The van der Waals surface area contributed by atoms with Crippen LogP contribution in [0.1, 0.15) is 35.0 Å². The van der Waals surface area contributed by atoms with Crippen LogP contribution in [0.25, 0.3) is 10.9 Å². The fourth-order valence-electron chi connectivity index (χ4n) is 3.08. The lowest BCUT2D eigenvalue weighted by Gasteiger charge is -2.26. The molecule has 1 aliphatic heterocycles. The van der Waals surface area contributed by atoms with Crippen LogP contribution in [0, 0.1) is 0 Å². The number of hydrogen-bond donors (Lipinski definition) is 1. The fourth-order valence-corrected chi connectivity index (χ4v) is 3.08. The predicted octanol–water partition coefficient (Wildman–Crippen LogP) is 2.72. The number of benzene rings is 1. The van der Waals surface area contributed by atoms with E-state index in [0.29, 0.717) is 5.56 Å². The maximum Gasteiger partial charge on any atom is 0.339 e. The van der Waals surface area contributed by atoms with Crippen molar-refractivity contribution in [2.45, 2.75) is 26.3 Å². The number of hydrogen-bond acceptors (Lipinski definition) is 3. The Balaban J connectivity index is 2.07. The second kappa shape index (κ2) is 5.29. The van der Waals surface area contributed by atoms with Gasteiger partial charge < -0.3 is 9.72 Å². The van der Waals surface area contributed by atoms with Gasteiger partial charge in [0, 0.05) is 30.6 Å². The summed E-state index contributed by atoms with van der Waals surface area (Å²) >= 11 is 0. The van der Waals surface area contributed by atoms with Gasteiger partial charge in [-0.15, -0.1) is 0 Å². The van der Waals surface area contributed by atoms with E-state index in [1.54, 1.807) is 0 Å². The van der Waals surface area contributed by atoms with Crippen LogP contribution in [0.5, 0.6) is 0 Å². The highest BCUT2D eigenvalue weighted by atomic mass is 16.5. The van der Waals surface area contributed by atoms with E-state index in [1.807, 2.05) is 12.1 Å². The van der Waals surface area contributed by atoms with Crippen LogP contribution >= 0.6 is 0 Å². The summed E-state index contributed by atoms with van der Waals surface area (Å²) in [5.74, 6) is -0.278. The topological polar surface area (TPSA) is 45.3 Å². The standard InChI is InChI=1S/C16H20N2O2/c1-3-8-18-9-7-14-13(10-18)11-5-4-6-12(15(11)17-14)16(19)20-2/h4-6,17H,3,7-10H2,1-2H3. The number of para-hydroxylation sites is 1. The Bertz CT molecular complexity index is 645. The first-order valence-electron chi connectivity index (χ1n) is 7.17. The summed E-state index contributed by atoms with van der Waals surface area (Å²) in [6.07, 6.45) is 2.19. The molecule has 3 rings (SSSR count). The van der Waals surface area contributed by atoms with Crippen molar-refractivity contribution < 1.29 is 9.53 Å². The third kappa shape index (κ3) is 2.10. The van der Waals surface area contributed by atoms with Crippen molar-refractivity contribution in [1.29, 1.82) is 0 Å². The second-order valence-electron chi connectivity index (χ2n) is 5.33. The van der Waals surface area contributed by atoms with E-state index in [9.17, 15) is 4.79 Å². The van der Waals surface area contributed by atoms with Gasteiger partial charge in [0.2, 0.25) is 0 Å². The molecule has 2 heterocycles. The molecule has 1 aromatic heterocycles. The Kier molecular flexibility index (Phi) is 3.49. The van der Waals surface area contributed by atoms with Crippen molar-refractivity contribution in [2.24, 2.45) is 0 Å². The van der Waals surface area contributed by atoms with Crippen LogP contribution in [0.3, 0.4) is 0 Å². The van der Waals surface area contributed by atoms with Crippen LogP contribution in [0.15, 0.2) is 18.2 Å². The first-order valence-corrected chi connectivity index (χ1v) is 7.17. The van der Waals surface area contributed by atoms with Gasteiger partial charge in [-0.05, 0) is 24.6 Å².